The van der Waals surface area contributed by atoms with Gasteiger partial charge in [0.15, 0.2) is 11.5 Å². The molecule has 0 saturated carbocycles. The van der Waals surface area contributed by atoms with E-state index >= 15 is 0 Å². The van der Waals surface area contributed by atoms with Crippen LogP contribution in [0.15, 0.2) is 152 Å². The third-order valence-corrected chi connectivity index (χ3v) is 11.0. The smallest absolute Gasteiger partial charge is 0.478 e. The second-order valence-corrected chi connectivity index (χ2v) is 15.9. The number of fused-ring (bicyclic) bond motifs is 2. The Morgan fingerprint density at radius 1 is 0.609 bits per heavy atom. The summed E-state index contributed by atoms with van der Waals surface area (Å²) in [5.41, 5.74) is 4.29. The summed E-state index contributed by atoms with van der Waals surface area (Å²) >= 11 is 0. The molecule has 0 aliphatic rings. The average molecular weight is 928 g/mol. The average Bonchev–Trinajstić information content (AvgIpc) is 3.36. The van der Waals surface area contributed by atoms with Gasteiger partial charge in [-0.3, -0.25) is 9.97 Å². The van der Waals surface area contributed by atoms with Crippen LogP contribution in [0.1, 0.15) is 67.5 Å². The van der Waals surface area contributed by atoms with E-state index in [1.54, 1.807) is 113 Å². The molecule has 4 N–H and O–H groups in total. The number of nitrogens with zero attached hydrogens (tertiary/aromatic N) is 5. The van der Waals surface area contributed by atoms with Crippen molar-refractivity contribution in [2.45, 2.75) is 31.5 Å². The minimum Gasteiger partial charge on any atom is -0.478 e. The summed E-state index contributed by atoms with van der Waals surface area (Å²) in [6.07, 6.45) is 4.30. The Kier molecular flexibility index (Phi) is 14.1. The Bertz CT molecular complexity index is 3120. The van der Waals surface area contributed by atoms with Crippen molar-refractivity contribution in [1.29, 1.82) is 0 Å². The van der Waals surface area contributed by atoms with Crippen molar-refractivity contribution >= 4 is 57.6 Å². The highest BCUT2D eigenvalue weighted by molar-refractivity contribution is 5.92. The summed E-state index contributed by atoms with van der Waals surface area (Å²) in [7, 11) is 3.12. The van der Waals surface area contributed by atoms with Gasteiger partial charge in [0.05, 0.1) is 23.2 Å². The van der Waals surface area contributed by atoms with Gasteiger partial charge in [-0.15, -0.1) is 0 Å². The Labute approximate surface area is 395 Å². The largest absolute Gasteiger partial charge is 0.511 e. The van der Waals surface area contributed by atoms with E-state index in [0.717, 1.165) is 10.9 Å². The molecular weight excluding hydrogens is 883 g/mol. The van der Waals surface area contributed by atoms with E-state index in [2.05, 4.69) is 30.6 Å². The van der Waals surface area contributed by atoms with E-state index in [-0.39, 0.29) is 23.3 Å². The van der Waals surface area contributed by atoms with Crippen LogP contribution in [-0.4, -0.2) is 86.2 Å². The first-order chi connectivity index (χ1) is 33.4. The molecule has 3 atom stereocenters. The highest BCUT2D eigenvalue weighted by atomic mass is 16.8. The number of nitrogens with one attached hydrogen (secondary N) is 2. The molecule has 8 aromatic rings. The molecule has 0 aliphatic carbocycles. The summed E-state index contributed by atoms with van der Waals surface area (Å²) < 4.78 is 23.5. The van der Waals surface area contributed by atoms with Crippen molar-refractivity contribution < 1.29 is 48.3 Å². The molecule has 4 heterocycles. The van der Waals surface area contributed by atoms with Gasteiger partial charge in [0.2, 0.25) is 6.79 Å². The first kappa shape index (κ1) is 46.4. The van der Waals surface area contributed by atoms with Crippen LogP contribution in [0, 0.1) is 0 Å². The van der Waals surface area contributed by atoms with Gasteiger partial charge in [-0.2, -0.15) is 0 Å². The van der Waals surface area contributed by atoms with Crippen molar-refractivity contribution in [3.63, 3.8) is 0 Å². The van der Waals surface area contributed by atoms with Crippen LogP contribution in [0.4, 0.5) is 21.2 Å². The van der Waals surface area contributed by atoms with Crippen molar-refractivity contribution in [3.05, 3.63) is 191 Å². The highest BCUT2D eigenvalue weighted by Crippen LogP contribution is 2.40. The number of carboxylic acids is 2. The van der Waals surface area contributed by atoms with E-state index in [4.69, 9.17) is 18.9 Å². The number of carbonyl (C=O) groups excluding carboxylic acids is 2. The van der Waals surface area contributed by atoms with Gasteiger partial charge in [-0.1, -0.05) is 66.7 Å². The number of carbonyl (C=O) groups is 4. The van der Waals surface area contributed by atoms with E-state index in [1.807, 2.05) is 36.4 Å². The first-order valence-corrected chi connectivity index (χ1v) is 21.6. The summed E-state index contributed by atoms with van der Waals surface area (Å²) in [4.78, 5) is 69.4. The van der Waals surface area contributed by atoms with Gasteiger partial charge < -0.3 is 44.7 Å². The number of benzene rings is 4. The highest BCUT2D eigenvalue weighted by Gasteiger charge is 2.27. The maximum atomic E-state index is 13.3. The zero-order chi connectivity index (χ0) is 48.4. The number of pyridine rings is 4. The van der Waals surface area contributed by atoms with Crippen molar-refractivity contribution in [2.24, 2.45) is 0 Å². The standard InChI is InChI=1S/C52H45N7O10/c1-31(68-52(65)67-30-66-47-39(21-20-32-9-8-27-55-45(32)47)43(57-41-10-4-6-25-53-41)33-12-16-35(17-13-33)49(60)61)29-37-24-28-56-46-38(37)22-23-40(48(46)69-51(64)59(2)3)44(58-42-11-5-7-26-54-42)34-14-18-36(19-15-34)50(62)63/h4-28,31,43-44H,29-30H2,1-3H3,(H,53,57)(H,54,58)(H,60,61)(H,62,63). The van der Waals surface area contributed by atoms with Gasteiger partial charge in [0.25, 0.3) is 0 Å². The maximum Gasteiger partial charge on any atom is 0.511 e. The number of aromatic nitrogens is 4. The lowest BCUT2D eigenvalue weighted by molar-refractivity contribution is -0.0113. The molecule has 0 bridgehead atoms. The molecule has 8 rings (SSSR count). The van der Waals surface area contributed by atoms with Crippen molar-refractivity contribution in [3.8, 4) is 11.5 Å². The molecule has 348 valence electrons. The number of carboxylic acid groups (broad SMARTS) is 2. The zero-order valence-electron chi connectivity index (χ0n) is 37.5. The predicted molar refractivity (Wildman–Crippen MR) is 256 cm³/mol. The van der Waals surface area contributed by atoms with Crippen LogP contribution in [0.3, 0.4) is 0 Å². The number of hydrogen-bond acceptors (Lipinski definition) is 14. The summed E-state index contributed by atoms with van der Waals surface area (Å²) in [5, 5.41) is 27.4. The summed E-state index contributed by atoms with van der Waals surface area (Å²) in [6.45, 7) is 1.16. The third-order valence-electron chi connectivity index (χ3n) is 11.0. The SMILES string of the molecule is CC(Cc1ccnc2c(OC(=O)N(C)C)c(C(Nc3ccccn3)c3ccc(C(=O)O)cc3)ccc12)OC(=O)OCOc1c(C(Nc2ccccn2)c2ccc(C(=O)O)cc2)ccc2cccnc12. The molecule has 0 aliphatic heterocycles. The molecule has 69 heavy (non-hydrogen) atoms. The zero-order valence-corrected chi connectivity index (χ0v) is 37.5. The third kappa shape index (κ3) is 11.0. The number of rotatable bonds is 17. The predicted octanol–water partition coefficient (Wildman–Crippen LogP) is 9.55. The topological polar surface area (TPSA) is 225 Å². The number of amides is 1. The van der Waals surface area contributed by atoms with Gasteiger partial charge in [-0.25, -0.2) is 29.1 Å². The fraction of sp³-hybridized carbons (Fsp3) is 0.154. The maximum absolute atomic E-state index is 13.3. The molecule has 17 heteroatoms. The number of hydrogen-bond donors (Lipinski definition) is 4. The Morgan fingerprint density at radius 3 is 1.74 bits per heavy atom. The van der Waals surface area contributed by atoms with Gasteiger partial charge in [-0.05, 0) is 84.3 Å². The van der Waals surface area contributed by atoms with Crippen LogP contribution in [-0.2, 0) is 15.9 Å². The fourth-order valence-corrected chi connectivity index (χ4v) is 7.67. The van der Waals surface area contributed by atoms with Crippen LogP contribution in [0.25, 0.3) is 21.8 Å². The summed E-state index contributed by atoms with van der Waals surface area (Å²) in [6, 6.07) is 35.1. The van der Waals surface area contributed by atoms with E-state index < -0.39 is 49.2 Å². The monoisotopic (exact) mass is 927 g/mol. The van der Waals surface area contributed by atoms with Crippen molar-refractivity contribution in [2.75, 3.05) is 31.5 Å². The molecule has 0 spiro atoms. The molecule has 3 unspecified atom stereocenters. The fourth-order valence-electron chi connectivity index (χ4n) is 7.67. The minimum atomic E-state index is -1.07. The molecule has 0 saturated heterocycles. The lowest BCUT2D eigenvalue weighted by Crippen LogP contribution is -2.26. The number of aromatic carboxylic acids is 2. The summed E-state index contributed by atoms with van der Waals surface area (Å²) in [5.74, 6) is -0.600. The van der Waals surface area contributed by atoms with E-state index in [0.29, 0.717) is 56.1 Å². The second kappa shape index (κ2) is 21.0. The molecule has 0 radical (unpaired) electrons. The van der Waals surface area contributed by atoms with Crippen LogP contribution in [0.2, 0.25) is 0 Å². The van der Waals surface area contributed by atoms with Gasteiger partial charge in [0, 0.05) is 67.2 Å². The molecule has 0 fully saturated rings. The first-order valence-electron chi connectivity index (χ1n) is 21.6. The number of ether oxygens (including phenoxy) is 4. The van der Waals surface area contributed by atoms with Crippen molar-refractivity contribution in [1.82, 2.24) is 24.8 Å². The van der Waals surface area contributed by atoms with Crippen LogP contribution in [0.5, 0.6) is 11.5 Å². The Balaban J connectivity index is 1.03. The number of anilines is 2. The Hall–Kier alpha value is -9.12. The van der Waals surface area contributed by atoms with Crippen LogP contribution >= 0.6 is 0 Å². The Morgan fingerprint density at radius 2 is 1.17 bits per heavy atom. The lowest BCUT2D eigenvalue weighted by Gasteiger charge is -2.25. The minimum absolute atomic E-state index is 0.102. The second-order valence-electron chi connectivity index (χ2n) is 15.9. The molecule has 4 aromatic heterocycles. The molecule has 17 nitrogen and oxygen atoms in total. The van der Waals surface area contributed by atoms with Gasteiger partial charge >= 0.3 is 24.2 Å². The lowest BCUT2D eigenvalue weighted by atomic mass is 9.94. The quantitative estimate of drug-likeness (QED) is 0.0493. The van der Waals surface area contributed by atoms with Crippen LogP contribution < -0.4 is 20.1 Å². The van der Waals surface area contributed by atoms with E-state index in [1.165, 1.54) is 29.2 Å². The molecule has 4 aromatic carbocycles. The normalized spacial score (nSPS) is 12.3. The molecular formula is C52H45N7O10. The van der Waals surface area contributed by atoms with E-state index in [9.17, 15) is 29.4 Å². The molecule has 1 amide bonds. The van der Waals surface area contributed by atoms with Gasteiger partial charge in [0.1, 0.15) is 28.8 Å².